The lowest BCUT2D eigenvalue weighted by molar-refractivity contribution is -0.120. The van der Waals surface area contributed by atoms with Crippen molar-refractivity contribution in [3.8, 4) is 0 Å². The number of hydrogen-bond donors (Lipinski definition) is 1. The van der Waals surface area contributed by atoms with Gasteiger partial charge in [-0.15, -0.1) is 11.3 Å². The Hall–Kier alpha value is -1.69. The standard InChI is InChI=1S/C18H22N2O2S/c21-18(13-16-7-4-12-23-16)19-8-9-20-10-11-22-17(14-20)15-5-2-1-3-6-15/h1-7,12,17H,8-11,13-14H2,(H,19,21). The highest BCUT2D eigenvalue weighted by Gasteiger charge is 2.21. The average molecular weight is 330 g/mol. The molecule has 1 atom stereocenters. The molecule has 0 aliphatic carbocycles. The zero-order valence-electron chi connectivity index (χ0n) is 13.1. The summed E-state index contributed by atoms with van der Waals surface area (Å²) >= 11 is 1.62. The monoisotopic (exact) mass is 330 g/mol. The van der Waals surface area contributed by atoms with Crippen molar-refractivity contribution in [1.29, 1.82) is 0 Å². The normalized spacial score (nSPS) is 18.7. The summed E-state index contributed by atoms with van der Waals surface area (Å²) in [5, 5.41) is 5.01. The van der Waals surface area contributed by atoms with E-state index in [0.29, 0.717) is 13.0 Å². The van der Waals surface area contributed by atoms with Gasteiger partial charge in [0.05, 0.1) is 19.1 Å². The first kappa shape index (κ1) is 16.2. The summed E-state index contributed by atoms with van der Waals surface area (Å²) in [6.07, 6.45) is 0.611. The number of thiophene rings is 1. The predicted molar refractivity (Wildman–Crippen MR) is 92.6 cm³/mol. The minimum atomic E-state index is 0.0975. The van der Waals surface area contributed by atoms with E-state index in [-0.39, 0.29) is 12.0 Å². The molecular formula is C18H22N2O2S. The second-order valence-corrected chi connectivity index (χ2v) is 6.71. The number of rotatable bonds is 6. The van der Waals surface area contributed by atoms with Gasteiger partial charge in [0.1, 0.15) is 0 Å². The van der Waals surface area contributed by atoms with E-state index in [4.69, 9.17) is 4.74 Å². The molecule has 1 aliphatic heterocycles. The van der Waals surface area contributed by atoms with Gasteiger partial charge in [0, 0.05) is 31.1 Å². The van der Waals surface area contributed by atoms with Crippen LogP contribution in [-0.2, 0) is 16.0 Å². The number of morpholine rings is 1. The molecule has 1 N–H and O–H groups in total. The topological polar surface area (TPSA) is 41.6 Å². The van der Waals surface area contributed by atoms with E-state index in [0.717, 1.165) is 31.1 Å². The molecule has 1 amide bonds. The Labute approximate surface area is 141 Å². The van der Waals surface area contributed by atoms with E-state index >= 15 is 0 Å². The van der Waals surface area contributed by atoms with Crippen LogP contribution < -0.4 is 5.32 Å². The number of ether oxygens (including phenoxy) is 1. The van der Waals surface area contributed by atoms with Gasteiger partial charge >= 0.3 is 0 Å². The predicted octanol–water partition coefficient (Wildman–Crippen LogP) is 2.48. The van der Waals surface area contributed by atoms with E-state index < -0.39 is 0 Å². The summed E-state index contributed by atoms with van der Waals surface area (Å²) in [5.41, 5.74) is 1.22. The molecule has 1 aromatic carbocycles. The molecule has 1 fully saturated rings. The van der Waals surface area contributed by atoms with Gasteiger partial charge in [-0.1, -0.05) is 36.4 Å². The van der Waals surface area contributed by atoms with Gasteiger partial charge in [-0.3, -0.25) is 9.69 Å². The molecule has 1 aromatic heterocycles. The Bertz CT molecular complexity index is 601. The third-order valence-electron chi connectivity index (χ3n) is 3.99. The third-order valence-corrected chi connectivity index (χ3v) is 4.86. The minimum absolute atomic E-state index is 0.0975. The maximum Gasteiger partial charge on any atom is 0.225 e. The number of carbonyl (C=O) groups excluding carboxylic acids is 1. The van der Waals surface area contributed by atoms with Gasteiger partial charge in [0.2, 0.25) is 5.91 Å². The maximum absolute atomic E-state index is 11.9. The van der Waals surface area contributed by atoms with Crippen LogP contribution in [0.4, 0.5) is 0 Å². The summed E-state index contributed by atoms with van der Waals surface area (Å²) in [5.74, 6) is 0.0975. The smallest absolute Gasteiger partial charge is 0.225 e. The van der Waals surface area contributed by atoms with Crippen LogP contribution in [0.5, 0.6) is 0 Å². The molecule has 122 valence electrons. The van der Waals surface area contributed by atoms with Crippen molar-refractivity contribution in [3.63, 3.8) is 0 Å². The molecule has 4 nitrogen and oxygen atoms in total. The highest BCUT2D eigenvalue weighted by Crippen LogP contribution is 2.21. The quantitative estimate of drug-likeness (QED) is 0.885. The maximum atomic E-state index is 11.9. The van der Waals surface area contributed by atoms with Gasteiger partial charge in [0.25, 0.3) is 0 Å². The zero-order chi connectivity index (χ0) is 15.9. The third kappa shape index (κ3) is 4.89. The van der Waals surface area contributed by atoms with Crippen LogP contribution in [0.15, 0.2) is 47.8 Å². The first-order valence-electron chi connectivity index (χ1n) is 7.99. The van der Waals surface area contributed by atoms with Gasteiger partial charge in [-0.05, 0) is 17.0 Å². The molecule has 1 aliphatic rings. The lowest BCUT2D eigenvalue weighted by Gasteiger charge is -2.33. The minimum Gasteiger partial charge on any atom is -0.371 e. The molecule has 5 heteroatoms. The molecule has 23 heavy (non-hydrogen) atoms. The largest absolute Gasteiger partial charge is 0.371 e. The van der Waals surface area contributed by atoms with E-state index in [2.05, 4.69) is 22.3 Å². The van der Waals surface area contributed by atoms with Gasteiger partial charge < -0.3 is 10.1 Å². The fraction of sp³-hybridized carbons (Fsp3) is 0.389. The van der Waals surface area contributed by atoms with Crippen LogP contribution in [0.1, 0.15) is 16.5 Å². The molecule has 2 heterocycles. The Morgan fingerprint density at radius 2 is 2.13 bits per heavy atom. The van der Waals surface area contributed by atoms with Crippen molar-refractivity contribution >= 4 is 17.2 Å². The lowest BCUT2D eigenvalue weighted by Crippen LogP contribution is -2.42. The van der Waals surface area contributed by atoms with Crippen molar-refractivity contribution in [2.75, 3.05) is 32.8 Å². The van der Waals surface area contributed by atoms with Crippen LogP contribution in [0, 0.1) is 0 Å². The van der Waals surface area contributed by atoms with Crippen LogP contribution in [0.3, 0.4) is 0 Å². The second-order valence-electron chi connectivity index (χ2n) is 5.68. The number of hydrogen-bond acceptors (Lipinski definition) is 4. The fourth-order valence-electron chi connectivity index (χ4n) is 2.76. The number of nitrogens with zero attached hydrogens (tertiary/aromatic N) is 1. The van der Waals surface area contributed by atoms with E-state index in [1.54, 1.807) is 11.3 Å². The molecule has 3 rings (SSSR count). The molecule has 0 bridgehead atoms. The van der Waals surface area contributed by atoms with Gasteiger partial charge in [0.15, 0.2) is 0 Å². The summed E-state index contributed by atoms with van der Waals surface area (Å²) in [7, 11) is 0. The van der Waals surface area contributed by atoms with Crippen LogP contribution >= 0.6 is 11.3 Å². The lowest BCUT2D eigenvalue weighted by atomic mass is 10.1. The van der Waals surface area contributed by atoms with E-state index in [9.17, 15) is 4.79 Å². The Kier molecular flexibility index (Phi) is 5.80. The fourth-order valence-corrected chi connectivity index (χ4v) is 3.47. The van der Waals surface area contributed by atoms with Crippen LogP contribution in [0.2, 0.25) is 0 Å². The first-order chi connectivity index (χ1) is 11.3. The molecule has 1 saturated heterocycles. The molecule has 1 unspecified atom stereocenters. The summed E-state index contributed by atoms with van der Waals surface area (Å²) in [6.45, 7) is 4.09. The molecule has 0 spiro atoms. The highest BCUT2D eigenvalue weighted by atomic mass is 32.1. The van der Waals surface area contributed by atoms with Crippen molar-refractivity contribution in [1.82, 2.24) is 10.2 Å². The number of amides is 1. The van der Waals surface area contributed by atoms with Gasteiger partial charge in [-0.25, -0.2) is 0 Å². The SMILES string of the molecule is O=C(Cc1cccs1)NCCN1CCOC(c2ccccc2)C1. The Morgan fingerprint density at radius 3 is 2.91 bits per heavy atom. The Balaban J connectivity index is 1.41. The number of benzene rings is 1. The number of nitrogens with one attached hydrogen (secondary N) is 1. The van der Waals surface area contributed by atoms with Crippen molar-refractivity contribution in [2.24, 2.45) is 0 Å². The summed E-state index contributed by atoms with van der Waals surface area (Å²) in [6, 6.07) is 14.3. The summed E-state index contributed by atoms with van der Waals surface area (Å²) in [4.78, 5) is 15.4. The Morgan fingerprint density at radius 1 is 1.26 bits per heavy atom. The van der Waals surface area contributed by atoms with E-state index in [1.165, 1.54) is 5.56 Å². The average Bonchev–Trinajstić information content (AvgIpc) is 3.09. The van der Waals surface area contributed by atoms with Crippen molar-refractivity contribution in [3.05, 3.63) is 58.3 Å². The van der Waals surface area contributed by atoms with Crippen molar-refractivity contribution in [2.45, 2.75) is 12.5 Å². The molecule has 0 saturated carbocycles. The second kappa shape index (κ2) is 8.24. The summed E-state index contributed by atoms with van der Waals surface area (Å²) < 4.78 is 5.86. The van der Waals surface area contributed by atoms with Crippen LogP contribution in [0.25, 0.3) is 0 Å². The molecular weight excluding hydrogens is 308 g/mol. The van der Waals surface area contributed by atoms with Gasteiger partial charge in [-0.2, -0.15) is 0 Å². The van der Waals surface area contributed by atoms with Crippen molar-refractivity contribution < 1.29 is 9.53 Å². The zero-order valence-corrected chi connectivity index (χ0v) is 13.9. The first-order valence-corrected chi connectivity index (χ1v) is 8.87. The van der Waals surface area contributed by atoms with E-state index in [1.807, 2.05) is 35.7 Å². The highest BCUT2D eigenvalue weighted by molar-refractivity contribution is 7.10. The van der Waals surface area contributed by atoms with Crippen LogP contribution in [-0.4, -0.2) is 43.6 Å². The molecule has 0 radical (unpaired) electrons. The molecule has 2 aromatic rings. The number of carbonyl (C=O) groups is 1.